The van der Waals surface area contributed by atoms with E-state index in [1.807, 2.05) is 41.5 Å². The first-order valence-corrected chi connectivity index (χ1v) is 12.9. The number of hydrogen-bond donors (Lipinski definition) is 6. The van der Waals surface area contributed by atoms with Crippen molar-refractivity contribution in [2.24, 2.45) is 0 Å². The van der Waals surface area contributed by atoms with Crippen molar-refractivity contribution in [2.75, 3.05) is 13.1 Å². The smallest absolute Gasteiger partial charge is 0.394 e. The fourth-order valence-corrected chi connectivity index (χ4v) is 2.54. The molecule has 0 aromatic heterocycles. The number of benzene rings is 2. The topological polar surface area (TPSA) is 207 Å². The van der Waals surface area contributed by atoms with Crippen molar-refractivity contribution in [1.82, 2.24) is 10.6 Å². The van der Waals surface area contributed by atoms with Crippen LogP contribution >= 0.6 is 0 Å². The van der Waals surface area contributed by atoms with E-state index in [2.05, 4.69) is 10.6 Å². The van der Waals surface area contributed by atoms with Crippen LogP contribution in [-0.2, 0) is 10.4 Å². The lowest BCUT2D eigenvalue weighted by Gasteiger charge is -2.19. The predicted octanol–water partition coefficient (Wildman–Crippen LogP) is 2.90. The van der Waals surface area contributed by atoms with Gasteiger partial charge in [-0.2, -0.15) is 8.42 Å². The van der Waals surface area contributed by atoms with Gasteiger partial charge in [0.15, 0.2) is 24.1 Å². The average molecular weight is 569 g/mol. The van der Waals surface area contributed by atoms with E-state index in [1.165, 1.54) is 36.4 Å². The third kappa shape index (κ3) is 16.9. The molecule has 0 unspecified atom stereocenters. The molecule has 39 heavy (non-hydrogen) atoms. The van der Waals surface area contributed by atoms with Crippen molar-refractivity contribution in [3.8, 4) is 11.5 Å². The molecule has 0 saturated heterocycles. The number of aldehydes is 2. The predicted molar refractivity (Wildman–Crippen MR) is 145 cm³/mol. The van der Waals surface area contributed by atoms with Gasteiger partial charge in [0, 0.05) is 22.2 Å². The molecule has 0 fully saturated rings. The second-order valence-electron chi connectivity index (χ2n) is 10.3. The van der Waals surface area contributed by atoms with Gasteiger partial charge in [-0.3, -0.25) is 28.3 Å². The highest BCUT2D eigenvalue weighted by Crippen LogP contribution is 2.17. The Morgan fingerprint density at radius 2 is 1.00 bits per heavy atom. The van der Waals surface area contributed by atoms with Crippen molar-refractivity contribution in [1.29, 1.82) is 0 Å². The standard InChI is InChI=1S/2C13H17NO3.H2O4S/c2*1-13(2,3)14-7-12(17)9-4-5-11(16)10(6-9)8-15;1-5(2,3)4/h2*4-6,8,14,16H,7H2,1-3H3;(H2,1,2,3,4). The highest BCUT2D eigenvalue weighted by molar-refractivity contribution is 7.79. The van der Waals surface area contributed by atoms with E-state index in [-0.39, 0.29) is 58.4 Å². The molecule has 0 radical (unpaired) electrons. The fraction of sp³-hybridized carbons (Fsp3) is 0.385. The Hall–Kier alpha value is -3.49. The third-order valence-electron chi connectivity index (χ3n) is 4.51. The Balaban J connectivity index is 0.000000632. The molecule has 0 bridgehead atoms. The molecule has 12 nitrogen and oxygen atoms in total. The van der Waals surface area contributed by atoms with Gasteiger partial charge in [-0.1, -0.05) is 0 Å². The molecule has 13 heteroatoms. The van der Waals surface area contributed by atoms with Crippen molar-refractivity contribution < 1.29 is 46.9 Å². The average Bonchev–Trinajstić information content (AvgIpc) is 2.80. The van der Waals surface area contributed by atoms with Crippen LogP contribution in [0.2, 0.25) is 0 Å². The lowest BCUT2D eigenvalue weighted by molar-refractivity contribution is 0.0974. The minimum Gasteiger partial charge on any atom is -0.507 e. The molecule has 0 aliphatic heterocycles. The third-order valence-corrected chi connectivity index (χ3v) is 4.51. The zero-order valence-corrected chi connectivity index (χ0v) is 23.5. The maximum absolute atomic E-state index is 11.8. The molecule has 0 heterocycles. The molecule has 0 atom stereocenters. The molecule has 2 rings (SSSR count). The number of hydrogen-bond acceptors (Lipinski definition) is 10. The van der Waals surface area contributed by atoms with Crippen molar-refractivity contribution in [3.63, 3.8) is 0 Å². The summed E-state index contributed by atoms with van der Waals surface area (Å²) in [5, 5.41) is 24.8. The van der Waals surface area contributed by atoms with Crippen LogP contribution in [0.5, 0.6) is 11.5 Å². The van der Waals surface area contributed by atoms with Gasteiger partial charge in [0.1, 0.15) is 11.5 Å². The van der Waals surface area contributed by atoms with Crippen molar-refractivity contribution >= 4 is 34.5 Å². The second-order valence-corrected chi connectivity index (χ2v) is 11.2. The van der Waals surface area contributed by atoms with E-state index in [0.29, 0.717) is 23.7 Å². The molecule has 6 N–H and O–H groups in total. The summed E-state index contributed by atoms with van der Waals surface area (Å²) < 4.78 is 31.6. The number of carbonyl (C=O) groups is 4. The summed E-state index contributed by atoms with van der Waals surface area (Å²) in [4.78, 5) is 44.9. The van der Waals surface area contributed by atoms with Gasteiger partial charge in [0.25, 0.3) is 0 Å². The van der Waals surface area contributed by atoms with Gasteiger partial charge in [-0.15, -0.1) is 0 Å². The molecule has 2 aromatic carbocycles. The van der Waals surface area contributed by atoms with Crippen LogP contribution in [0.4, 0.5) is 0 Å². The monoisotopic (exact) mass is 568 g/mol. The Kier molecular flexibility index (Phi) is 13.8. The molecule has 0 saturated carbocycles. The summed E-state index contributed by atoms with van der Waals surface area (Å²) in [7, 11) is -4.67. The van der Waals surface area contributed by atoms with Crippen LogP contribution in [0.25, 0.3) is 0 Å². The van der Waals surface area contributed by atoms with E-state index in [0.717, 1.165) is 0 Å². The minimum absolute atomic E-state index is 0.108. The summed E-state index contributed by atoms with van der Waals surface area (Å²) in [5.74, 6) is -0.438. The SMILES string of the molecule is CC(C)(C)NCC(=O)c1ccc(O)c(C=O)c1.CC(C)(C)NCC(=O)c1ccc(O)c(C=O)c1.O=S(=O)(O)O. The lowest BCUT2D eigenvalue weighted by atomic mass is 10.0. The summed E-state index contributed by atoms with van der Waals surface area (Å²) >= 11 is 0. The quantitative estimate of drug-likeness (QED) is 0.154. The molecular weight excluding hydrogens is 532 g/mol. The zero-order chi connectivity index (χ0) is 30.6. The number of aromatic hydroxyl groups is 2. The number of rotatable bonds is 8. The van der Waals surface area contributed by atoms with E-state index in [1.54, 1.807) is 0 Å². The molecule has 0 amide bonds. The maximum Gasteiger partial charge on any atom is 0.394 e. The van der Waals surface area contributed by atoms with Crippen LogP contribution in [-0.4, -0.2) is 76.0 Å². The summed E-state index contributed by atoms with van der Waals surface area (Å²) in [6.07, 6.45) is 1.06. The van der Waals surface area contributed by atoms with Gasteiger partial charge in [-0.25, -0.2) is 0 Å². The number of ketones is 2. The van der Waals surface area contributed by atoms with Crippen LogP contribution in [0.15, 0.2) is 36.4 Å². The molecule has 216 valence electrons. The van der Waals surface area contributed by atoms with E-state index < -0.39 is 10.4 Å². The van der Waals surface area contributed by atoms with Gasteiger partial charge in [0.2, 0.25) is 0 Å². The van der Waals surface area contributed by atoms with Crippen LogP contribution in [0.3, 0.4) is 0 Å². The number of phenols is 2. The number of phenolic OH excluding ortho intramolecular Hbond substituents is 2. The lowest BCUT2D eigenvalue weighted by Crippen LogP contribution is -2.39. The molecule has 2 aromatic rings. The van der Waals surface area contributed by atoms with Gasteiger partial charge >= 0.3 is 10.4 Å². The maximum atomic E-state index is 11.8. The number of nitrogens with one attached hydrogen (secondary N) is 2. The summed E-state index contributed by atoms with van der Waals surface area (Å²) in [6, 6.07) is 8.52. The van der Waals surface area contributed by atoms with E-state index in [9.17, 15) is 29.4 Å². The number of carbonyl (C=O) groups excluding carboxylic acids is 4. The van der Waals surface area contributed by atoms with Gasteiger partial charge in [-0.05, 0) is 77.9 Å². The Bertz CT molecular complexity index is 1170. The van der Waals surface area contributed by atoms with Crippen LogP contribution in [0.1, 0.15) is 83.0 Å². The second kappa shape index (κ2) is 15.2. The molecule has 0 aliphatic carbocycles. The zero-order valence-electron chi connectivity index (χ0n) is 22.7. The number of Topliss-reactive ketones (excluding diaryl/α,β-unsaturated/α-hetero) is 2. The van der Waals surface area contributed by atoms with Crippen LogP contribution in [0, 0.1) is 0 Å². The first-order chi connectivity index (χ1) is 17.7. The molecule has 0 aliphatic rings. The molecular formula is C26H36N2O10S. The largest absolute Gasteiger partial charge is 0.507 e. The first kappa shape index (κ1) is 35.5. The van der Waals surface area contributed by atoms with E-state index in [4.69, 9.17) is 17.5 Å². The molecule has 0 spiro atoms. The summed E-state index contributed by atoms with van der Waals surface area (Å²) in [5.41, 5.74) is 0.821. The van der Waals surface area contributed by atoms with Gasteiger partial charge < -0.3 is 20.8 Å². The van der Waals surface area contributed by atoms with Crippen LogP contribution < -0.4 is 10.6 Å². The van der Waals surface area contributed by atoms with E-state index >= 15 is 0 Å². The normalized spacial score (nSPS) is 11.3. The van der Waals surface area contributed by atoms with Crippen molar-refractivity contribution in [3.05, 3.63) is 58.7 Å². The highest BCUT2D eigenvalue weighted by Gasteiger charge is 2.15. The first-order valence-electron chi connectivity index (χ1n) is 11.5. The van der Waals surface area contributed by atoms with Gasteiger partial charge in [0.05, 0.1) is 24.2 Å². The summed E-state index contributed by atoms with van der Waals surface area (Å²) in [6.45, 7) is 12.2. The minimum atomic E-state index is -4.67. The fourth-order valence-electron chi connectivity index (χ4n) is 2.54. The van der Waals surface area contributed by atoms with Crippen molar-refractivity contribution in [2.45, 2.75) is 52.6 Å². The highest BCUT2D eigenvalue weighted by atomic mass is 32.3. The Labute approximate surface area is 228 Å². The Morgan fingerprint density at radius 3 is 1.23 bits per heavy atom. The Morgan fingerprint density at radius 1 is 0.718 bits per heavy atom.